The molecule has 6 N–H and O–H groups in total. The van der Waals surface area contributed by atoms with E-state index >= 15 is 0 Å². The van der Waals surface area contributed by atoms with Crippen molar-refractivity contribution in [3.63, 3.8) is 0 Å². The molecular weight excluding hydrogens is 216 g/mol. The average molecular weight is 234 g/mol. The minimum Gasteiger partial charge on any atom is -0.395 e. The Hall–Kier alpha value is -0.730. The first-order valence-electron chi connectivity index (χ1n) is 5.12. The predicted octanol–water partition coefficient (Wildman–Crippen LogP) is -3.46. The Balaban J connectivity index is 2.68. The molecule has 1 heterocycles. The summed E-state index contributed by atoms with van der Waals surface area (Å²) in [6, 6.07) is -2.03. The van der Waals surface area contributed by atoms with E-state index in [4.69, 9.17) is 10.2 Å². The molecule has 0 aromatic rings. The normalized spacial score (nSPS) is 36.1. The molecule has 1 unspecified atom stereocenters. The summed E-state index contributed by atoms with van der Waals surface area (Å²) in [5.74, 6) is -0.338. The lowest BCUT2D eigenvalue weighted by atomic mass is 10.0. The van der Waals surface area contributed by atoms with E-state index < -0.39 is 30.3 Å². The van der Waals surface area contributed by atoms with Crippen LogP contribution in [-0.2, 0) is 4.79 Å². The largest absolute Gasteiger partial charge is 0.395 e. The Morgan fingerprint density at radius 1 is 1.38 bits per heavy atom. The number of rotatable bonds is 4. The lowest BCUT2D eigenvalue weighted by Gasteiger charge is -2.25. The third-order valence-corrected chi connectivity index (χ3v) is 2.75. The van der Waals surface area contributed by atoms with Crippen LogP contribution >= 0.6 is 0 Å². The summed E-state index contributed by atoms with van der Waals surface area (Å²) >= 11 is 0. The van der Waals surface area contributed by atoms with Crippen LogP contribution in [0.2, 0.25) is 0 Å². The molecule has 1 rings (SSSR count). The molecule has 0 aliphatic carbocycles. The summed E-state index contributed by atoms with van der Waals surface area (Å²) in [6.07, 6.45) is -2.25. The Kier molecular flexibility index (Phi) is 4.63. The molecule has 0 aromatic heterocycles. The quantitative estimate of drug-likeness (QED) is 0.301. The van der Waals surface area contributed by atoms with Gasteiger partial charge in [0.05, 0.1) is 43.5 Å². The van der Waals surface area contributed by atoms with Crippen molar-refractivity contribution in [2.24, 2.45) is 0 Å². The van der Waals surface area contributed by atoms with Crippen LogP contribution in [0.3, 0.4) is 0 Å². The van der Waals surface area contributed by atoms with Gasteiger partial charge in [-0.2, -0.15) is 0 Å². The van der Waals surface area contributed by atoms with E-state index in [1.807, 2.05) is 0 Å². The summed E-state index contributed by atoms with van der Waals surface area (Å²) in [5, 5.41) is 42.5. The topological polar surface area (TPSA) is 122 Å². The number of aliphatic hydroxyl groups is 4. The first-order chi connectivity index (χ1) is 7.51. The van der Waals surface area contributed by atoms with Gasteiger partial charge in [0.1, 0.15) is 0 Å². The molecule has 7 heteroatoms. The lowest BCUT2D eigenvalue weighted by molar-refractivity contribution is -0.120. The zero-order valence-corrected chi connectivity index (χ0v) is 9.00. The standard InChI is InChI=1S/C9H18N2O5/c1-4(14)10-5(2-12)7-9(16)8(15)6(3-13)11-7/h5-9,11-13,15-16H,2-3H2,1H3,(H,10,14)/t5-,6-,7?,8-,9-/m1/s1. The summed E-state index contributed by atoms with van der Waals surface area (Å²) < 4.78 is 0. The number of hydrogen-bond acceptors (Lipinski definition) is 6. The molecule has 0 aromatic carbocycles. The second-order valence-electron chi connectivity index (χ2n) is 3.95. The van der Waals surface area contributed by atoms with Crippen LogP contribution < -0.4 is 10.6 Å². The van der Waals surface area contributed by atoms with Gasteiger partial charge in [0.2, 0.25) is 5.91 Å². The van der Waals surface area contributed by atoms with Crippen LogP contribution in [0.5, 0.6) is 0 Å². The van der Waals surface area contributed by atoms with Crippen molar-refractivity contribution >= 4 is 5.91 Å². The number of amides is 1. The fourth-order valence-electron chi connectivity index (χ4n) is 1.92. The van der Waals surface area contributed by atoms with Gasteiger partial charge in [-0.1, -0.05) is 0 Å². The highest BCUT2D eigenvalue weighted by molar-refractivity contribution is 5.73. The van der Waals surface area contributed by atoms with Gasteiger partial charge in [-0.05, 0) is 0 Å². The Labute approximate surface area is 93.1 Å². The molecule has 0 saturated carbocycles. The van der Waals surface area contributed by atoms with Crippen molar-refractivity contribution < 1.29 is 25.2 Å². The number of nitrogens with one attached hydrogen (secondary N) is 2. The van der Waals surface area contributed by atoms with Crippen LogP contribution in [0.1, 0.15) is 6.92 Å². The van der Waals surface area contributed by atoms with Crippen LogP contribution in [0, 0.1) is 0 Å². The Morgan fingerprint density at radius 2 is 2.00 bits per heavy atom. The highest BCUT2D eigenvalue weighted by Gasteiger charge is 2.44. The second kappa shape index (κ2) is 5.55. The number of aliphatic hydroxyl groups excluding tert-OH is 4. The Morgan fingerprint density at radius 3 is 2.38 bits per heavy atom. The fourth-order valence-corrected chi connectivity index (χ4v) is 1.92. The van der Waals surface area contributed by atoms with E-state index in [9.17, 15) is 15.0 Å². The van der Waals surface area contributed by atoms with Crippen LogP contribution in [0.4, 0.5) is 0 Å². The van der Waals surface area contributed by atoms with Crippen molar-refractivity contribution in [1.82, 2.24) is 10.6 Å². The van der Waals surface area contributed by atoms with Gasteiger partial charge in [0.25, 0.3) is 0 Å². The molecule has 5 atom stereocenters. The summed E-state index contributed by atoms with van der Waals surface area (Å²) in [5.41, 5.74) is 0. The maximum absolute atomic E-state index is 10.9. The highest BCUT2D eigenvalue weighted by Crippen LogP contribution is 2.17. The van der Waals surface area contributed by atoms with E-state index in [1.54, 1.807) is 0 Å². The number of carbonyl (C=O) groups excluding carboxylic acids is 1. The van der Waals surface area contributed by atoms with Crippen LogP contribution in [0.15, 0.2) is 0 Å². The molecule has 1 saturated heterocycles. The molecule has 1 aliphatic rings. The SMILES string of the molecule is CC(=O)N[C@H](CO)C1N[C@H](CO)[C@@H](O)[C@@H]1O. The van der Waals surface area contributed by atoms with Crippen molar-refractivity contribution in [3.8, 4) is 0 Å². The molecule has 1 aliphatic heterocycles. The van der Waals surface area contributed by atoms with Crippen molar-refractivity contribution in [2.75, 3.05) is 13.2 Å². The van der Waals surface area contributed by atoms with Crippen LogP contribution in [-0.4, -0.2) is 69.9 Å². The summed E-state index contributed by atoms with van der Waals surface area (Å²) in [4.78, 5) is 10.9. The zero-order valence-electron chi connectivity index (χ0n) is 9.00. The fraction of sp³-hybridized carbons (Fsp3) is 0.889. The van der Waals surface area contributed by atoms with E-state index in [-0.39, 0.29) is 19.1 Å². The van der Waals surface area contributed by atoms with Crippen molar-refractivity contribution in [1.29, 1.82) is 0 Å². The molecule has 16 heavy (non-hydrogen) atoms. The van der Waals surface area contributed by atoms with Gasteiger partial charge in [-0.25, -0.2) is 0 Å². The van der Waals surface area contributed by atoms with E-state index in [0.717, 1.165) is 0 Å². The van der Waals surface area contributed by atoms with Crippen LogP contribution in [0.25, 0.3) is 0 Å². The number of hydrogen-bond donors (Lipinski definition) is 6. The first kappa shape index (κ1) is 13.3. The summed E-state index contributed by atoms with van der Waals surface area (Å²) in [6.45, 7) is 0.607. The molecule has 7 nitrogen and oxygen atoms in total. The number of carbonyl (C=O) groups is 1. The Bertz CT molecular complexity index is 250. The van der Waals surface area contributed by atoms with E-state index in [0.29, 0.717) is 0 Å². The third kappa shape index (κ3) is 2.69. The van der Waals surface area contributed by atoms with Gasteiger partial charge in [0, 0.05) is 6.92 Å². The van der Waals surface area contributed by atoms with E-state index in [2.05, 4.69) is 10.6 Å². The molecule has 1 fully saturated rings. The zero-order chi connectivity index (χ0) is 12.3. The van der Waals surface area contributed by atoms with Gasteiger partial charge >= 0.3 is 0 Å². The molecular formula is C9H18N2O5. The molecule has 0 radical (unpaired) electrons. The summed E-state index contributed by atoms with van der Waals surface area (Å²) in [7, 11) is 0. The van der Waals surface area contributed by atoms with Gasteiger partial charge in [0.15, 0.2) is 0 Å². The lowest BCUT2D eigenvalue weighted by Crippen LogP contribution is -2.54. The molecule has 1 amide bonds. The minimum absolute atomic E-state index is 0.326. The van der Waals surface area contributed by atoms with E-state index in [1.165, 1.54) is 6.92 Å². The van der Waals surface area contributed by atoms with Crippen molar-refractivity contribution in [3.05, 3.63) is 0 Å². The van der Waals surface area contributed by atoms with Gasteiger partial charge < -0.3 is 31.1 Å². The smallest absolute Gasteiger partial charge is 0.217 e. The minimum atomic E-state index is -1.14. The average Bonchev–Trinajstić information content (AvgIpc) is 2.52. The van der Waals surface area contributed by atoms with Crippen molar-refractivity contribution in [2.45, 2.75) is 37.3 Å². The third-order valence-electron chi connectivity index (χ3n) is 2.75. The highest BCUT2D eigenvalue weighted by atomic mass is 16.3. The second-order valence-corrected chi connectivity index (χ2v) is 3.95. The molecule has 0 bridgehead atoms. The van der Waals surface area contributed by atoms with Gasteiger partial charge in [-0.3, -0.25) is 4.79 Å². The maximum Gasteiger partial charge on any atom is 0.217 e. The monoisotopic (exact) mass is 234 g/mol. The predicted molar refractivity (Wildman–Crippen MR) is 54.5 cm³/mol. The molecule has 0 spiro atoms. The van der Waals surface area contributed by atoms with Gasteiger partial charge in [-0.15, -0.1) is 0 Å². The molecule has 94 valence electrons. The first-order valence-corrected chi connectivity index (χ1v) is 5.12. The maximum atomic E-state index is 10.9.